The van der Waals surface area contributed by atoms with Crippen molar-refractivity contribution < 1.29 is 0 Å². The molecule has 3 heterocycles. The Hall–Kier alpha value is -2.14. The van der Waals surface area contributed by atoms with Crippen molar-refractivity contribution in [1.82, 2.24) is 9.97 Å². The molecule has 0 saturated carbocycles. The average Bonchev–Trinajstić information content (AvgIpc) is 3.24. The van der Waals surface area contributed by atoms with Crippen LogP contribution in [0.1, 0.15) is 36.6 Å². The van der Waals surface area contributed by atoms with Gasteiger partial charge in [0.05, 0.1) is 5.39 Å². The van der Waals surface area contributed by atoms with Gasteiger partial charge < -0.3 is 10.2 Å². The highest BCUT2D eigenvalue weighted by Crippen LogP contribution is 2.39. The van der Waals surface area contributed by atoms with Gasteiger partial charge in [-0.15, -0.1) is 11.3 Å². The molecule has 0 spiro atoms. The lowest BCUT2D eigenvalue weighted by Gasteiger charge is -2.32. The number of hydrogen-bond acceptors (Lipinski definition) is 5. The first-order valence-electron chi connectivity index (χ1n) is 9.65. The highest BCUT2D eigenvalue weighted by molar-refractivity contribution is 7.19. The average molecular weight is 365 g/mol. The molecule has 134 valence electrons. The van der Waals surface area contributed by atoms with Crippen molar-refractivity contribution >= 4 is 38.7 Å². The molecular weight excluding hydrogens is 340 g/mol. The predicted octanol–water partition coefficient (Wildman–Crippen LogP) is 5.16. The second-order valence-corrected chi connectivity index (χ2v) is 8.68. The van der Waals surface area contributed by atoms with Gasteiger partial charge in [-0.3, -0.25) is 0 Å². The molecule has 5 rings (SSSR count). The first-order valence-corrected chi connectivity index (χ1v) is 10.5. The van der Waals surface area contributed by atoms with Gasteiger partial charge in [0, 0.05) is 29.3 Å². The van der Waals surface area contributed by atoms with E-state index >= 15 is 0 Å². The van der Waals surface area contributed by atoms with Gasteiger partial charge in [0.15, 0.2) is 0 Å². The second-order valence-electron chi connectivity index (χ2n) is 7.60. The van der Waals surface area contributed by atoms with E-state index in [1.54, 1.807) is 6.33 Å². The summed E-state index contributed by atoms with van der Waals surface area (Å²) < 4.78 is 0. The first-order chi connectivity index (χ1) is 12.8. The van der Waals surface area contributed by atoms with Gasteiger partial charge in [0.1, 0.15) is 17.0 Å². The zero-order valence-electron chi connectivity index (χ0n) is 15.2. The fourth-order valence-electron chi connectivity index (χ4n) is 4.18. The largest absolute Gasteiger partial charge is 0.372 e. The monoisotopic (exact) mass is 364 g/mol. The summed E-state index contributed by atoms with van der Waals surface area (Å²) in [6.45, 7) is 4.69. The van der Waals surface area contributed by atoms with Crippen molar-refractivity contribution in [3.8, 4) is 0 Å². The molecule has 1 aliphatic heterocycles. The molecule has 0 unspecified atom stereocenters. The molecule has 0 radical (unpaired) electrons. The van der Waals surface area contributed by atoms with Crippen LogP contribution in [0.3, 0.4) is 0 Å². The fourth-order valence-corrected chi connectivity index (χ4v) is 5.41. The first kappa shape index (κ1) is 16.1. The molecule has 2 aliphatic rings. The predicted molar refractivity (Wildman–Crippen MR) is 110 cm³/mol. The van der Waals surface area contributed by atoms with Crippen LogP contribution in [0.4, 0.5) is 17.2 Å². The van der Waals surface area contributed by atoms with Gasteiger partial charge in [-0.2, -0.15) is 0 Å². The maximum atomic E-state index is 4.55. The third kappa shape index (κ3) is 2.84. The van der Waals surface area contributed by atoms with Crippen LogP contribution in [0.25, 0.3) is 10.2 Å². The van der Waals surface area contributed by atoms with Crippen LogP contribution < -0.4 is 10.2 Å². The molecule has 1 aliphatic carbocycles. The smallest absolute Gasteiger partial charge is 0.142 e. The maximum absolute atomic E-state index is 4.55. The fraction of sp³-hybridized carbons (Fsp3) is 0.429. The number of nitrogens with zero attached hydrogens (tertiary/aromatic N) is 3. The third-order valence-electron chi connectivity index (χ3n) is 5.78. The number of aryl methyl sites for hydroxylation is 2. The van der Waals surface area contributed by atoms with Crippen LogP contribution in [0.2, 0.25) is 0 Å². The molecule has 0 bridgehead atoms. The van der Waals surface area contributed by atoms with Crippen molar-refractivity contribution in [2.45, 2.75) is 39.0 Å². The Labute approximate surface area is 158 Å². The van der Waals surface area contributed by atoms with Gasteiger partial charge in [-0.25, -0.2) is 9.97 Å². The van der Waals surface area contributed by atoms with Gasteiger partial charge >= 0.3 is 0 Å². The van der Waals surface area contributed by atoms with Crippen LogP contribution >= 0.6 is 11.3 Å². The molecule has 3 aromatic rings. The van der Waals surface area contributed by atoms with Gasteiger partial charge in [0.2, 0.25) is 0 Å². The summed E-state index contributed by atoms with van der Waals surface area (Å²) in [6, 6.07) is 8.81. The van der Waals surface area contributed by atoms with E-state index in [-0.39, 0.29) is 0 Å². The molecule has 1 fully saturated rings. The van der Waals surface area contributed by atoms with Crippen LogP contribution in [0.5, 0.6) is 0 Å². The quantitative estimate of drug-likeness (QED) is 0.697. The van der Waals surface area contributed by atoms with E-state index in [1.807, 2.05) is 11.3 Å². The van der Waals surface area contributed by atoms with Crippen molar-refractivity contribution in [3.63, 3.8) is 0 Å². The van der Waals surface area contributed by atoms with E-state index in [0.29, 0.717) is 0 Å². The van der Waals surface area contributed by atoms with Crippen LogP contribution in [-0.4, -0.2) is 23.1 Å². The highest BCUT2D eigenvalue weighted by atomic mass is 32.1. The summed E-state index contributed by atoms with van der Waals surface area (Å²) >= 11 is 1.83. The molecule has 1 aromatic carbocycles. The number of fused-ring (bicyclic) bond motifs is 3. The number of piperidine rings is 1. The molecule has 2 aromatic heterocycles. The van der Waals surface area contributed by atoms with Crippen LogP contribution in [0.15, 0.2) is 30.6 Å². The zero-order chi connectivity index (χ0) is 17.5. The summed E-state index contributed by atoms with van der Waals surface area (Å²) in [5.41, 5.74) is 3.89. The Morgan fingerprint density at radius 3 is 2.69 bits per heavy atom. The zero-order valence-corrected chi connectivity index (χ0v) is 16.0. The minimum atomic E-state index is 0.861. The minimum absolute atomic E-state index is 0.861. The number of benzene rings is 1. The lowest BCUT2D eigenvalue weighted by molar-refractivity contribution is 0.438. The Bertz CT molecular complexity index is 923. The number of thiophene rings is 1. The highest BCUT2D eigenvalue weighted by Gasteiger charge is 2.21. The van der Waals surface area contributed by atoms with Crippen molar-refractivity contribution in [3.05, 3.63) is 41.0 Å². The van der Waals surface area contributed by atoms with E-state index in [1.165, 1.54) is 60.3 Å². The number of aromatic nitrogens is 2. The lowest BCUT2D eigenvalue weighted by atomic mass is 9.99. The minimum Gasteiger partial charge on any atom is -0.372 e. The van der Waals surface area contributed by atoms with Crippen molar-refractivity contribution in [2.24, 2.45) is 5.92 Å². The molecule has 0 amide bonds. The van der Waals surface area contributed by atoms with E-state index in [4.69, 9.17) is 0 Å². The lowest BCUT2D eigenvalue weighted by Crippen LogP contribution is -2.32. The van der Waals surface area contributed by atoms with Crippen molar-refractivity contribution in [1.29, 1.82) is 0 Å². The number of anilines is 3. The van der Waals surface area contributed by atoms with E-state index in [2.05, 4.69) is 51.4 Å². The number of nitrogens with one attached hydrogen (secondary N) is 1. The molecule has 1 N–H and O–H groups in total. The number of rotatable bonds is 3. The Morgan fingerprint density at radius 2 is 1.88 bits per heavy atom. The summed E-state index contributed by atoms with van der Waals surface area (Å²) in [5, 5.41) is 4.77. The number of hydrogen-bond donors (Lipinski definition) is 1. The Balaban J connectivity index is 1.39. The maximum Gasteiger partial charge on any atom is 0.142 e. The normalized spacial score (nSPS) is 17.7. The summed E-state index contributed by atoms with van der Waals surface area (Å²) in [5.74, 6) is 1.81. The Kier molecular flexibility index (Phi) is 4.04. The molecule has 26 heavy (non-hydrogen) atoms. The van der Waals surface area contributed by atoms with Gasteiger partial charge in [0.25, 0.3) is 0 Å². The standard InChI is InChI=1S/C21H24N4S/c1-14-9-11-25(12-10-14)16-7-5-15(6-8-16)24-20-19-17-3-2-4-18(17)26-21(19)23-13-22-20/h5-8,13-14H,2-4,9-12H2,1H3,(H,22,23,24). The van der Waals surface area contributed by atoms with Gasteiger partial charge in [-0.05, 0) is 67.9 Å². The summed E-state index contributed by atoms with van der Waals surface area (Å²) in [7, 11) is 0. The van der Waals surface area contributed by atoms with Crippen LogP contribution in [-0.2, 0) is 12.8 Å². The van der Waals surface area contributed by atoms with Gasteiger partial charge in [-0.1, -0.05) is 6.92 Å². The summed E-state index contributed by atoms with van der Waals surface area (Å²) in [6.07, 6.45) is 7.88. The van der Waals surface area contributed by atoms with E-state index in [9.17, 15) is 0 Å². The molecule has 5 heteroatoms. The second kappa shape index (κ2) is 6.54. The van der Waals surface area contributed by atoms with Crippen LogP contribution in [0, 0.1) is 5.92 Å². The third-order valence-corrected chi connectivity index (χ3v) is 6.98. The molecule has 4 nitrogen and oxygen atoms in total. The van der Waals surface area contributed by atoms with E-state index in [0.717, 1.165) is 28.7 Å². The summed E-state index contributed by atoms with van der Waals surface area (Å²) in [4.78, 5) is 14.1. The molecule has 0 atom stereocenters. The SMILES string of the molecule is CC1CCN(c2ccc(Nc3ncnc4sc5c(c34)CCC5)cc2)CC1. The Morgan fingerprint density at radius 1 is 1.08 bits per heavy atom. The van der Waals surface area contributed by atoms with Crippen molar-refractivity contribution in [2.75, 3.05) is 23.3 Å². The molecule has 1 saturated heterocycles. The molecular formula is C21H24N4S. The van der Waals surface area contributed by atoms with E-state index < -0.39 is 0 Å². The topological polar surface area (TPSA) is 41.0 Å².